The third-order valence-corrected chi connectivity index (χ3v) is 3.22. The van der Waals surface area contributed by atoms with Crippen molar-refractivity contribution in [3.05, 3.63) is 36.0 Å². The molecule has 2 aromatic rings. The third kappa shape index (κ3) is 2.94. The summed E-state index contributed by atoms with van der Waals surface area (Å²) >= 11 is 0. The molecule has 111 valence electrons. The van der Waals surface area contributed by atoms with Gasteiger partial charge in [-0.25, -0.2) is 0 Å². The van der Waals surface area contributed by atoms with E-state index in [0.29, 0.717) is 17.2 Å². The quantitative estimate of drug-likeness (QED) is 0.814. The fourth-order valence-corrected chi connectivity index (χ4v) is 2.33. The normalized spacial score (nSPS) is 10.3. The molecule has 0 saturated heterocycles. The number of hydrogen-bond acceptors (Lipinski definition) is 4. The molecule has 0 bridgehead atoms. The smallest absolute Gasteiger partial charge is 0.204 e. The average molecular weight is 286 g/mol. The molecule has 0 N–H and O–H groups in total. The van der Waals surface area contributed by atoms with Crippen LogP contribution in [0.3, 0.4) is 0 Å². The van der Waals surface area contributed by atoms with Gasteiger partial charge in [-0.05, 0) is 18.6 Å². The molecule has 0 atom stereocenters. The van der Waals surface area contributed by atoms with Crippen LogP contribution in [0.4, 0.5) is 0 Å². The van der Waals surface area contributed by atoms with Crippen molar-refractivity contribution in [2.45, 2.75) is 19.8 Å². The van der Waals surface area contributed by atoms with Crippen LogP contribution >= 0.6 is 0 Å². The van der Waals surface area contributed by atoms with Crippen molar-refractivity contribution in [1.82, 2.24) is 4.98 Å². The molecule has 4 heteroatoms. The molecule has 0 fully saturated rings. The maximum absolute atomic E-state index is 5.52. The molecule has 0 saturated carbocycles. The van der Waals surface area contributed by atoms with Crippen LogP contribution in [0.1, 0.15) is 18.9 Å². The first-order chi connectivity index (χ1) is 10.3. The highest BCUT2D eigenvalue weighted by atomic mass is 16.5. The Morgan fingerprint density at radius 3 is 2.24 bits per heavy atom. The first kappa shape index (κ1) is 15.2. The molecule has 0 aliphatic rings. The minimum atomic E-state index is 0.586. The second-order valence-electron chi connectivity index (χ2n) is 4.54. The van der Waals surface area contributed by atoms with Gasteiger partial charge in [-0.1, -0.05) is 19.4 Å². The van der Waals surface area contributed by atoms with Gasteiger partial charge in [0.05, 0.1) is 32.6 Å². The van der Waals surface area contributed by atoms with E-state index in [2.05, 4.69) is 18.0 Å². The van der Waals surface area contributed by atoms with E-state index in [1.807, 2.05) is 18.2 Å². The van der Waals surface area contributed by atoms with Gasteiger partial charge in [0.1, 0.15) is 0 Å². The highest BCUT2D eigenvalue weighted by Crippen LogP contribution is 2.46. The van der Waals surface area contributed by atoms with E-state index >= 15 is 0 Å². The number of nitrogens with zero attached hydrogens (tertiary/aromatic N) is 1. The van der Waals surface area contributed by atoms with Crippen LogP contribution in [-0.2, 0) is 6.42 Å². The van der Waals surface area contributed by atoms with Crippen molar-refractivity contribution in [2.75, 3.05) is 21.3 Å². The molecule has 1 radical (unpaired) electrons. The van der Waals surface area contributed by atoms with Crippen LogP contribution in [-0.4, -0.2) is 26.3 Å². The molecule has 0 amide bonds. The second-order valence-corrected chi connectivity index (χ2v) is 4.54. The average Bonchev–Trinajstić information content (AvgIpc) is 2.54. The Bertz CT molecular complexity index is 597. The number of ether oxygens (including phenoxy) is 3. The number of hydrogen-bond donors (Lipinski definition) is 0. The van der Waals surface area contributed by atoms with E-state index in [0.717, 1.165) is 29.7 Å². The lowest BCUT2D eigenvalue weighted by Crippen LogP contribution is -2.02. The summed E-state index contributed by atoms with van der Waals surface area (Å²) in [5.41, 5.74) is 2.56. The second kappa shape index (κ2) is 6.97. The molecular formula is C17H20NO3. The van der Waals surface area contributed by atoms with Gasteiger partial charge >= 0.3 is 0 Å². The first-order valence-electron chi connectivity index (χ1n) is 6.92. The van der Waals surface area contributed by atoms with Gasteiger partial charge in [0, 0.05) is 17.8 Å². The lowest BCUT2D eigenvalue weighted by atomic mass is 10.0. The van der Waals surface area contributed by atoms with Crippen LogP contribution in [0, 0.1) is 6.07 Å². The number of aryl methyl sites for hydroxylation is 1. The number of methoxy groups -OCH3 is 3. The van der Waals surface area contributed by atoms with Gasteiger partial charge in [0.2, 0.25) is 5.75 Å². The molecule has 1 aromatic carbocycles. The van der Waals surface area contributed by atoms with Crippen LogP contribution in [0.5, 0.6) is 17.2 Å². The fraction of sp³-hybridized carbons (Fsp3) is 0.353. The molecule has 0 aliphatic carbocycles. The lowest BCUT2D eigenvalue weighted by molar-refractivity contribution is 0.322. The highest BCUT2D eigenvalue weighted by molar-refractivity contribution is 5.75. The van der Waals surface area contributed by atoms with E-state index in [1.165, 1.54) is 0 Å². The lowest BCUT2D eigenvalue weighted by Gasteiger charge is -2.18. The van der Waals surface area contributed by atoms with Crippen LogP contribution in [0.25, 0.3) is 11.3 Å². The largest absolute Gasteiger partial charge is 0.492 e. The number of benzene rings is 1. The molecule has 0 aliphatic heterocycles. The van der Waals surface area contributed by atoms with E-state index in [9.17, 15) is 0 Å². The standard InChI is InChI=1S/C17H20NO3/c1-5-8-12-11-13(14-9-6-7-10-18-14)16(20-3)17(21-4)15(12)19-2/h6-7,9-10H,5,8H2,1-4H3. The van der Waals surface area contributed by atoms with Crippen molar-refractivity contribution in [1.29, 1.82) is 0 Å². The SMILES string of the molecule is CCCc1[c]c(-c2ccccn2)c(OC)c(OC)c1OC. The summed E-state index contributed by atoms with van der Waals surface area (Å²) < 4.78 is 16.5. The topological polar surface area (TPSA) is 40.6 Å². The molecule has 1 aromatic heterocycles. The van der Waals surface area contributed by atoms with Crippen molar-refractivity contribution in [2.24, 2.45) is 0 Å². The van der Waals surface area contributed by atoms with Crippen LogP contribution in [0.2, 0.25) is 0 Å². The Labute approximate surface area is 125 Å². The fourth-order valence-electron chi connectivity index (χ4n) is 2.33. The van der Waals surface area contributed by atoms with Crippen LogP contribution in [0.15, 0.2) is 24.4 Å². The summed E-state index contributed by atoms with van der Waals surface area (Å²) in [4.78, 5) is 4.38. The first-order valence-corrected chi connectivity index (χ1v) is 6.92. The number of pyridine rings is 1. The summed E-state index contributed by atoms with van der Waals surface area (Å²) in [6.45, 7) is 2.12. The molecule has 21 heavy (non-hydrogen) atoms. The predicted molar refractivity (Wildman–Crippen MR) is 82.2 cm³/mol. The third-order valence-electron chi connectivity index (χ3n) is 3.22. The van der Waals surface area contributed by atoms with Crippen LogP contribution < -0.4 is 14.2 Å². The molecular weight excluding hydrogens is 266 g/mol. The van der Waals surface area contributed by atoms with Crippen molar-refractivity contribution < 1.29 is 14.2 Å². The molecule has 2 rings (SSSR count). The Morgan fingerprint density at radius 2 is 1.71 bits per heavy atom. The summed E-state index contributed by atoms with van der Waals surface area (Å²) in [6, 6.07) is 9.12. The van der Waals surface area contributed by atoms with Gasteiger partial charge < -0.3 is 14.2 Å². The zero-order chi connectivity index (χ0) is 15.2. The Kier molecular flexibility index (Phi) is 5.04. The van der Waals surface area contributed by atoms with E-state index in [4.69, 9.17) is 14.2 Å². The van der Waals surface area contributed by atoms with Gasteiger partial charge in [-0.15, -0.1) is 0 Å². The molecule has 4 nitrogen and oxygen atoms in total. The molecule has 0 unspecified atom stereocenters. The Hall–Kier alpha value is -2.23. The maximum Gasteiger partial charge on any atom is 0.204 e. The summed E-state index contributed by atoms with van der Waals surface area (Å²) in [5.74, 6) is 1.85. The zero-order valence-corrected chi connectivity index (χ0v) is 12.9. The summed E-state index contributed by atoms with van der Waals surface area (Å²) in [7, 11) is 4.85. The Balaban J connectivity index is 2.72. The number of aromatic nitrogens is 1. The minimum Gasteiger partial charge on any atom is -0.492 e. The van der Waals surface area contributed by atoms with E-state index in [1.54, 1.807) is 27.5 Å². The Morgan fingerprint density at radius 1 is 1.00 bits per heavy atom. The van der Waals surface area contributed by atoms with Crippen molar-refractivity contribution >= 4 is 0 Å². The zero-order valence-electron chi connectivity index (χ0n) is 12.9. The highest BCUT2D eigenvalue weighted by Gasteiger charge is 2.22. The predicted octanol–water partition coefficient (Wildman–Crippen LogP) is 3.53. The summed E-state index contributed by atoms with van der Waals surface area (Å²) in [5, 5.41) is 0. The molecule has 1 heterocycles. The summed E-state index contributed by atoms with van der Waals surface area (Å²) in [6.07, 6.45) is 3.59. The maximum atomic E-state index is 5.52. The van der Waals surface area contributed by atoms with Crippen molar-refractivity contribution in [3.8, 4) is 28.5 Å². The van der Waals surface area contributed by atoms with Gasteiger partial charge in [-0.3, -0.25) is 4.98 Å². The molecule has 0 spiro atoms. The van der Waals surface area contributed by atoms with E-state index < -0.39 is 0 Å². The van der Waals surface area contributed by atoms with Gasteiger partial charge in [0.15, 0.2) is 11.5 Å². The van der Waals surface area contributed by atoms with Gasteiger partial charge in [0.25, 0.3) is 0 Å². The monoisotopic (exact) mass is 286 g/mol. The van der Waals surface area contributed by atoms with E-state index in [-0.39, 0.29) is 0 Å². The van der Waals surface area contributed by atoms with Crippen molar-refractivity contribution in [3.63, 3.8) is 0 Å². The van der Waals surface area contributed by atoms with Gasteiger partial charge in [-0.2, -0.15) is 0 Å². The minimum absolute atomic E-state index is 0.586. The number of rotatable bonds is 6.